The summed E-state index contributed by atoms with van der Waals surface area (Å²) < 4.78 is 15.6. The number of likely N-dealkylation sites (N-methyl/N-ethyl adjacent to an activating group) is 1. The summed E-state index contributed by atoms with van der Waals surface area (Å²) in [4.78, 5) is 13.3. The molecule has 1 atom stereocenters. The number of carbonyl (C=O) groups excluding carboxylic acids is 1. The van der Waals surface area contributed by atoms with Crippen molar-refractivity contribution in [1.29, 1.82) is 0 Å². The van der Waals surface area contributed by atoms with E-state index in [-0.39, 0.29) is 18.2 Å². The van der Waals surface area contributed by atoms with E-state index in [4.69, 9.17) is 9.47 Å². The van der Waals surface area contributed by atoms with Crippen molar-refractivity contribution in [2.24, 2.45) is 5.92 Å². The summed E-state index contributed by atoms with van der Waals surface area (Å²) in [6, 6.07) is 0. The minimum atomic E-state index is -0.236. The Hall–Kier alpha value is -0.650. The van der Waals surface area contributed by atoms with E-state index >= 15 is 0 Å². The van der Waals surface area contributed by atoms with E-state index < -0.39 is 0 Å². The quantitative estimate of drug-likeness (QED) is 0.451. The third kappa shape index (κ3) is 7.31. The first-order valence-electron chi connectivity index (χ1n) is 6.04. The Morgan fingerprint density at radius 3 is 2.12 bits per heavy atom. The summed E-state index contributed by atoms with van der Waals surface area (Å²) in [5.74, 6) is -0.338. The van der Waals surface area contributed by atoms with Crippen LogP contribution in [0.3, 0.4) is 0 Å². The zero-order valence-electron chi connectivity index (χ0n) is 11.6. The first-order valence-corrected chi connectivity index (χ1v) is 6.04. The van der Waals surface area contributed by atoms with Gasteiger partial charge in [-0.3, -0.25) is 4.79 Å². The molecule has 0 aromatic carbocycles. The Kier molecular flexibility index (Phi) is 9.03. The van der Waals surface area contributed by atoms with Crippen LogP contribution in [0.1, 0.15) is 20.8 Å². The molecule has 0 amide bonds. The summed E-state index contributed by atoms with van der Waals surface area (Å²) in [6.07, 6.45) is -0.236. The molecule has 17 heavy (non-hydrogen) atoms. The maximum Gasteiger partial charge on any atom is 0.309 e. The fraction of sp³-hybridized carbons (Fsp3) is 0.917. The van der Waals surface area contributed by atoms with Gasteiger partial charge in [0.25, 0.3) is 0 Å². The fourth-order valence-corrected chi connectivity index (χ4v) is 1.60. The molecule has 0 aromatic rings. The van der Waals surface area contributed by atoms with E-state index in [2.05, 4.69) is 4.74 Å². The molecule has 0 aliphatic rings. The standard InChI is InChI=1S/C12H25NO4/c1-6-16-11(17-7-2)9-13(4)8-10(3)12(14)15-5/h10-11H,6-9H2,1-5H3. The van der Waals surface area contributed by atoms with Crippen molar-refractivity contribution < 1.29 is 19.0 Å². The van der Waals surface area contributed by atoms with Crippen LogP contribution in [0.4, 0.5) is 0 Å². The highest BCUT2D eigenvalue weighted by Crippen LogP contribution is 2.04. The number of rotatable bonds is 9. The van der Waals surface area contributed by atoms with Crippen molar-refractivity contribution in [3.8, 4) is 0 Å². The minimum Gasteiger partial charge on any atom is -0.469 e. The average Bonchev–Trinajstić information content (AvgIpc) is 2.28. The highest BCUT2D eigenvalue weighted by Gasteiger charge is 2.18. The molecule has 0 aliphatic heterocycles. The smallest absolute Gasteiger partial charge is 0.309 e. The van der Waals surface area contributed by atoms with E-state index in [1.807, 2.05) is 32.7 Å². The lowest BCUT2D eigenvalue weighted by atomic mass is 10.2. The van der Waals surface area contributed by atoms with Crippen molar-refractivity contribution >= 4 is 5.97 Å². The second-order valence-electron chi connectivity index (χ2n) is 3.99. The van der Waals surface area contributed by atoms with Crippen LogP contribution in [-0.2, 0) is 19.0 Å². The summed E-state index contributed by atoms with van der Waals surface area (Å²) in [5.41, 5.74) is 0. The number of carbonyl (C=O) groups is 1. The molecule has 102 valence electrons. The molecule has 0 bridgehead atoms. The van der Waals surface area contributed by atoms with Crippen LogP contribution < -0.4 is 0 Å². The molecular formula is C12H25NO4. The molecule has 5 nitrogen and oxygen atoms in total. The Balaban J connectivity index is 4.03. The zero-order valence-corrected chi connectivity index (χ0v) is 11.6. The van der Waals surface area contributed by atoms with Gasteiger partial charge in [-0.2, -0.15) is 0 Å². The predicted octanol–water partition coefficient (Wildman–Crippen LogP) is 1.13. The number of esters is 1. The molecule has 0 saturated heterocycles. The largest absolute Gasteiger partial charge is 0.469 e. The van der Waals surface area contributed by atoms with E-state index in [1.54, 1.807) is 0 Å². The third-order valence-electron chi connectivity index (χ3n) is 2.35. The van der Waals surface area contributed by atoms with E-state index in [1.165, 1.54) is 7.11 Å². The lowest BCUT2D eigenvalue weighted by Gasteiger charge is -2.25. The number of hydrogen-bond donors (Lipinski definition) is 0. The van der Waals surface area contributed by atoms with Gasteiger partial charge in [-0.05, 0) is 20.9 Å². The molecule has 0 rings (SSSR count). The molecule has 0 N–H and O–H groups in total. The number of hydrogen-bond acceptors (Lipinski definition) is 5. The van der Waals surface area contributed by atoms with Gasteiger partial charge < -0.3 is 19.1 Å². The number of methoxy groups -OCH3 is 1. The maximum atomic E-state index is 11.3. The first kappa shape index (κ1) is 16.4. The molecule has 0 aromatic heterocycles. The SMILES string of the molecule is CCOC(CN(C)CC(C)C(=O)OC)OCC. The van der Waals surface area contributed by atoms with Gasteiger partial charge in [0.1, 0.15) is 0 Å². The van der Waals surface area contributed by atoms with Crippen molar-refractivity contribution in [1.82, 2.24) is 4.90 Å². The Bertz CT molecular complexity index is 205. The monoisotopic (exact) mass is 247 g/mol. The van der Waals surface area contributed by atoms with Gasteiger partial charge >= 0.3 is 5.97 Å². The van der Waals surface area contributed by atoms with Gasteiger partial charge in [-0.25, -0.2) is 0 Å². The third-order valence-corrected chi connectivity index (χ3v) is 2.35. The van der Waals surface area contributed by atoms with Crippen LogP contribution in [0, 0.1) is 5.92 Å². The topological polar surface area (TPSA) is 48.0 Å². The van der Waals surface area contributed by atoms with Gasteiger partial charge in [-0.1, -0.05) is 6.92 Å². The van der Waals surface area contributed by atoms with Crippen LogP contribution in [0.5, 0.6) is 0 Å². The number of nitrogens with zero attached hydrogens (tertiary/aromatic N) is 1. The average molecular weight is 247 g/mol. The van der Waals surface area contributed by atoms with Gasteiger partial charge in [0.05, 0.1) is 13.0 Å². The summed E-state index contributed by atoms with van der Waals surface area (Å²) in [5, 5.41) is 0. The normalized spacial score (nSPS) is 13.1. The Morgan fingerprint density at radius 1 is 1.18 bits per heavy atom. The molecule has 0 fully saturated rings. The van der Waals surface area contributed by atoms with Crippen molar-refractivity contribution in [2.45, 2.75) is 27.1 Å². The van der Waals surface area contributed by atoms with Gasteiger partial charge in [0, 0.05) is 26.3 Å². The van der Waals surface area contributed by atoms with Crippen LogP contribution in [-0.4, -0.2) is 57.6 Å². The van der Waals surface area contributed by atoms with Crippen LogP contribution in [0.25, 0.3) is 0 Å². The minimum absolute atomic E-state index is 0.145. The lowest BCUT2D eigenvalue weighted by Crippen LogP contribution is -2.37. The van der Waals surface area contributed by atoms with Gasteiger partial charge in [0.15, 0.2) is 6.29 Å². The number of ether oxygens (including phenoxy) is 3. The van der Waals surface area contributed by atoms with E-state index in [0.717, 1.165) is 0 Å². The Morgan fingerprint density at radius 2 is 1.71 bits per heavy atom. The second kappa shape index (κ2) is 9.39. The summed E-state index contributed by atoms with van der Waals surface area (Å²) in [6.45, 7) is 8.22. The molecule has 1 unspecified atom stereocenters. The van der Waals surface area contributed by atoms with E-state index in [9.17, 15) is 4.79 Å². The van der Waals surface area contributed by atoms with Gasteiger partial charge in [-0.15, -0.1) is 0 Å². The molecule has 0 saturated carbocycles. The predicted molar refractivity (Wildman–Crippen MR) is 65.7 cm³/mol. The first-order chi connectivity index (χ1) is 8.04. The maximum absolute atomic E-state index is 11.3. The van der Waals surface area contributed by atoms with Crippen molar-refractivity contribution in [3.63, 3.8) is 0 Å². The summed E-state index contributed by atoms with van der Waals surface area (Å²) >= 11 is 0. The van der Waals surface area contributed by atoms with E-state index in [0.29, 0.717) is 26.3 Å². The van der Waals surface area contributed by atoms with Crippen LogP contribution in [0.2, 0.25) is 0 Å². The second-order valence-corrected chi connectivity index (χ2v) is 3.99. The lowest BCUT2D eigenvalue weighted by molar-refractivity contribution is -0.152. The van der Waals surface area contributed by atoms with Crippen molar-refractivity contribution in [2.75, 3.05) is 40.5 Å². The molecule has 0 heterocycles. The Labute approximate surface area is 104 Å². The van der Waals surface area contributed by atoms with Gasteiger partial charge in [0.2, 0.25) is 0 Å². The highest BCUT2D eigenvalue weighted by atomic mass is 16.7. The molecular weight excluding hydrogens is 222 g/mol. The molecule has 5 heteroatoms. The highest BCUT2D eigenvalue weighted by molar-refractivity contribution is 5.71. The molecule has 0 spiro atoms. The molecule has 0 radical (unpaired) electrons. The zero-order chi connectivity index (χ0) is 13.3. The fourth-order valence-electron chi connectivity index (χ4n) is 1.60. The van der Waals surface area contributed by atoms with Crippen LogP contribution in [0.15, 0.2) is 0 Å². The van der Waals surface area contributed by atoms with Crippen LogP contribution >= 0.6 is 0 Å². The van der Waals surface area contributed by atoms with Crippen molar-refractivity contribution in [3.05, 3.63) is 0 Å². The summed E-state index contributed by atoms with van der Waals surface area (Å²) in [7, 11) is 3.34. The molecule has 0 aliphatic carbocycles.